The fourth-order valence-electron chi connectivity index (χ4n) is 2.99. The quantitative estimate of drug-likeness (QED) is 0.403. The number of carbonyl (C=O) groups is 1. The van der Waals surface area contributed by atoms with Gasteiger partial charge in [-0.1, -0.05) is 24.3 Å². The number of methoxy groups -OCH3 is 1. The zero-order valence-corrected chi connectivity index (χ0v) is 17.6. The van der Waals surface area contributed by atoms with Gasteiger partial charge < -0.3 is 9.64 Å². The average Bonchev–Trinajstić information content (AvgIpc) is 3.14. The fraction of sp³-hybridized carbons (Fsp3) is 0.238. The van der Waals surface area contributed by atoms with Crippen molar-refractivity contribution >= 4 is 38.6 Å². The molecule has 0 spiro atoms. The van der Waals surface area contributed by atoms with Crippen molar-refractivity contribution in [2.45, 2.75) is 6.42 Å². The van der Waals surface area contributed by atoms with Crippen molar-refractivity contribution in [3.05, 3.63) is 60.3 Å². The molecule has 0 unspecified atom stereocenters. The maximum absolute atomic E-state index is 13.0. The van der Waals surface area contributed by atoms with Crippen molar-refractivity contribution in [1.29, 1.82) is 0 Å². The Hall–Kier alpha value is -3.17. The first-order chi connectivity index (χ1) is 14.4. The molecule has 0 bridgehead atoms. The summed E-state index contributed by atoms with van der Waals surface area (Å²) < 4.78 is 30.3. The Morgan fingerprint density at radius 2 is 2.03 bits per heavy atom. The maximum atomic E-state index is 13.0. The summed E-state index contributed by atoms with van der Waals surface area (Å²) in [6.07, 6.45) is 4.69. The molecule has 8 nitrogen and oxygen atoms in total. The number of fused-ring (bicyclic) bond motifs is 1. The molecule has 1 heterocycles. The molecule has 1 amide bonds. The summed E-state index contributed by atoms with van der Waals surface area (Å²) in [5.41, 5.74) is 2.22. The predicted molar refractivity (Wildman–Crippen MR) is 118 cm³/mol. The molecule has 158 valence electrons. The highest BCUT2D eigenvalue weighted by molar-refractivity contribution is 7.88. The number of benzene rings is 2. The number of para-hydroxylation sites is 1. The second kappa shape index (κ2) is 9.55. The highest BCUT2D eigenvalue weighted by atomic mass is 32.2. The molecule has 0 aliphatic heterocycles. The lowest BCUT2D eigenvalue weighted by Gasteiger charge is -2.22. The van der Waals surface area contributed by atoms with Crippen molar-refractivity contribution in [2.75, 3.05) is 31.4 Å². The molecular formula is C21H24N4O4S. The zero-order chi connectivity index (χ0) is 21.6. The van der Waals surface area contributed by atoms with Gasteiger partial charge in [-0.05, 0) is 30.7 Å². The molecule has 2 aromatic carbocycles. The summed E-state index contributed by atoms with van der Waals surface area (Å²) in [6.45, 7) is 0.570. The standard InChI is InChI=1S/C21H24N4O4S/c1-29-17-8-5-7-16(15-17)25(14-6-13-22-30(2,27)28)21(26)12-11-20-18-9-3-4-10-19(18)23-24-20/h3-5,7-12,15,22H,6,13-14H2,1-2H3,(H,23,24)/b12-11+. The van der Waals surface area contributed by atoms with Crippen LogP contribution in [0.2, 0.25) is 0 Å². The molecular weight excluding hydrogens is 404 g/mol. The van der Waals surface area contributed by atoms with E-state index in [4.69, 9.17) is 4.74 Å². The molecule has 0 saturated heterocycles. The van der Waals surface area contributed by atoms with Crippen LogP contribution in [0.1, 0.15) is 12.1 Å². The van der Waals surface area contributed by atoms with Gasteiger partial charge >= 0.3 is 0 Å². The Morgan fingerprint density at radius 3 is 2.80 bits per heavy atom. The Morgan fingerprint density at radius 1 is 1.23 bits per heavy atom. The molecule has 0 aliphatic carbocycles. The number of sulfonamides is 1. The summed E-state index contributed by atoms with van der Waals surface area (Å²) in [5, 5.41) is 8.11. The molecule has 3 aromatic rings. The van der Waals surface area contributed by atoms with Gasteiger partial charge in [-0.2, -0.15) is 5.10 Å². The van der Waals surface area contributed by atoms with E-state index >= 15 is 0 Å². The van der Waals surface area contributed by atoms with E-state index in [-0.39, 0.29) is 12.5 Å². The number of H-pyrrole nitrogens is 1. The van der Waals surface area contributed by atoms with Gasteiger partial charge in [0.05, 0.1) is 24.6 Å². The first-order valence-electron chi connectivity index (χ1n) is 9.39. The number of hydrogen-bond acceptors (Lipinski definition) is 5. The van der Waals surface area contributed by atoms with Crippen LogP contribution in [0.3, 0.4) is 0 Å². The lowest BCUT2D eigenvalue weighted by atomic mass is 10.2. The SMILES string of the molecule is COc1cccc(N(CCCNS(C)(=O)=O)C(=O)/C=C/c2n[nH]c3ccccc23)c1. The fourth-order valence-corrected chi connectivity index (χ4v) is 3.51. The van der Waals surface area contributed by atoms with E-state index < -0.39 is 10.0 Å². The minimum absolute atomic E-state index is 0.236. The number of carbonyl (C=O) groups excluding carboxylic acids is 1. The molecule has 2 N–H and O–H groups in total. The summed E-state index contributed by atoms with van der Waals surface area (Å²) in [6, 6.07) is 14.8. The van der Waals surface area contributed by atoms with Crippen molar-refractivity contribution in [3.8, 4) is 5.75 Å². The van der Waals surface area contributed by atoms with Gasteiger partial charge in [-0.3, -0.25) is 9.89 Å². The summed E-state index contributed by atoms with van der Waals surface area (Å²) in [4.78, 5) is 14.6. The van der Waals surface area contributed by atoms with Gasteiger partial charge in [0.1, 0.15) is 5.75 Å². The molecule has 0 aliphatic rings. The third kappa shape index (κ3) is 5.68. The summed E-state index contributed by atoms with van der Waals surface area (Å²) in [5.74, 6) is 0.386. The predicted octanol–water partition coefficient (Wildman–Crippen LogP) is 2.56. The molecule has 3 rings (SSSR count). The van der Waals surface area contributed by atoms with Gasteiger partial charge in [-0.25, -0.2) is 13.1 Å². The molecule has 0 saturated carbocycles. The lowest BCUT2D eigenvalue weighted by Crippen LogP contribution is -2.33. The largest absolute Gasteiger partial charge is 0.497 e. The zero-order valence-electron chi connectivity index (χ0n) is 16.8. The molecule has 0 atom stereocenters. The second-order valence-corrected chi connectivity index (χ2v) is 8.53. The molecule has 0 radical (unpaired) electrons. The number of hydrogen-bond donors (Lipinski definition) is 2. The number of aromatic nitrogens is 2. The van der Waals surface area contributed by atoms with Crippen LogP contribution in [0, 0.1) is 0 Å². The maximum Gasteiger partial charge on any atom is 0.251 e. The minimum atomic E-state index is -3.28. The van der Waals surface area contributed by atoms with Crippen LogP contribution in [0.25, 0.3) is 17.0 Å². The van der Waals surface area contributed by atoms with E-state index in [2.05, 4.69) is 14.9 Å². The van der Waals surface area contributed by atoms with E-state index in [1.54, 1.807) is 36.3 Å². The van der Waals surface area contributed by atoms with E-state index in [9.17, 15) is 13.2 Å². The van der Waals surface area contributed by atoms with E-state index in [0.717, 1.165) is 17.2 Å². The van der Waals surface area contributed by atoms with Crippen molar-refractivity contribution in [1.82, 2.24) is 14.9 Å². The normalized spacial score (nSPS) is 11.8. The summed E-state index contributed by atoms with van der Waals surface area (Å²) >= 11 is 0. The van der Waals surface area contributed by atoms with Gasteiger partial charge in [-0.15, -0.1) is 0 Å². The Bertz CT molecular complexity index is 1150. The van der Waals surface area contributed by atoms with E-state index in [0.29, 0.717) is 30.1 Å². The van der Waals surface area contributed by atoms with Crippen LogP contribution < -0.4 is 14.4 Å². The van der Waals surface area contributed by atoms with Crippen molar-refractivity contribution < 1.29 is 17.9 Å². The minimum Gasteiger partial charge on any atom is -0.497 e. The summed E-state index contributed by atoms with van der Waals surface area (Å²) in [7, 11) is -1.72. The molecule has 1 aromatic heterocycles. The molecule has 9 heteroatoms. The number of nitrogens with zero attached hydrogens (tertiary/aromatic N) is 2. The van der Waals surface area contributed by atoms with Gasteiger partial charge in [0.2, 0.25) is 10.0 Å². The molecule has 30 heavy (non-hydrogen) atoms. The van der Waals surface area contributed by atoms with Crippen LogP contribution in [-0.4, -0.2) is 51.0 Å². The highest BCUT2D eigenvalue weighted by Crippen LogP contribution is 2.22. The Kier molecular flexibility index (Phi) is 6.86. The van der Waals surface area contributed by atoms with Crippen LogP contribution in [0.15, 0.2) is 54.6 Å². The number of rotatable bonds is 9. The molecule has 0 fully saturated rings. The van der Waals surface area contributed by atoms with Crippen LogP contribution in [0.5, 0.6) is 5.75 Å². The van der Waals surface area contributed by atoms with Gasteiger partial charge in [0, 0.05) is 36.3 Å². The number of amides is 1. The smallest absolute Gasteiger partial charge is 0.251 e. The van der Waals surface area contributed by atoms with Gasteiger partial charge in [0.15, 0.2) is 0 Å². The monoisotopic (exact) mass is 428 g/mol. The number of nitrogens with one attached hydrogen (secondary N) is 2. The van der Waals surface area contributed by atoms with Crippen LogP contribution >= 0.6 is 0 Å². The first kappa shape index (κ1) is 21.5. The number of aromatic amines is 1. The van der Waals surface area contributed by atoms with Crippen molar-refractivity contribution in [2.24, 2.45) is 0 Å². The van der Waals surface area contributed by atoms with Crippen LogP contribution in [-0.2, 0) is 14.8 Å². The highest BCUT2D eigenvalue weighted by Gasteiger charge is 2.15. The Balaban J connectivity index is 1.79. The first-order valence-corrected chi connectivity index (χ1v) is 11.3. The van der Waals surface area contributed by atoms with E-state index in [1.807, 2.05) is 30.3 Å². The third-order valence-corrected chi connectivity index (χ3v) is 5.17. The topological polar surface area (TPSA) is 104 Å². The lowest BCUT2D eigenvalue weighted by molar-refractivity contribution is -0.114. The van der Waals surface area contributed by atoms with Gasteiger partial charge in [0.25, 0.3) is 5.91 Å². The van der Waals surface area contributed by atoms with Crippen LogP contribution in [0.4, 0.5) is 5.69 Å². The second-order valence-electron chi connectivity index (χ2n) is 6.70. The average molecular weight is 429 g/mol. The number of anilines is 1. The number of ether oxygens (including phenoxy) is 1. The Labute approximate surface area is 175 Å². The third-order valence-electron chi connectivity index (χ3n) is 4.44. The van der Waals surface area contributed by atoms with Crippen molar-refractivity contribution in [3.63, 3.8) is 0 Å². The van der Waals surface area contributed by atoms with E-state index in [1.165, 1.54) is 6.08 Å².